The summed E-state index contributed by atoms with van der Waals surface area (Å²) in [5.41, 5.74) is 3.86. The smallest absolute Gasteiger partial charge is 0.320 e. The first-order valence-electron chi connectivity index (χ1n) is 14.9. The number of carbonyl (C=O) groups is 1. The number of hydrogen-bond acceptors (Lipinski definition) is 7. The lowest BCUT2D eigenvalue weighted by Crippen LogP contribution is -2.56. The van der Waals surface area contributed by atoms with Crippen molar-refractivity contribution in [2.45, 2.75) is 43.7 Å². The number of likely N-dealkylation sites (N-methyl/N-ethyl adjacent to an activating group) is 1. The summed E-state index contributed by atoms with van der Waals surface area (Å²) in [7, 11) is 2.07. The number of fused-ring (bicyclic) bond motifs is 4. The molecule has 2 unspecified atom stereocenters. The fourth-order valence-electron chi connectivity index (χ4n) is 7.13. The third kappa shape index (κ3) is 4.97. The highest BCUT2D eigenvalue weighted by atomic mass is 19.1. The van der Waals surface area contributed by atoms with Crippen molar-refractivity contribution in [3.05, 3.63) is 65.0 Å². The Labute approximate surface area is 249 Å². The summed E-state index contributed by atoms with van der Waals surface area (Å²) in [6.45, 7) is 12.6. The van der Waals surface area contributed by atoms with Crippen LogP contribution >= 0.6 is 0 Å². The van der Waals surface area contributed by atoms with Gasteiger partial charge in [-0.3, -0.25) is 4.79 Å². The minimum atomic E-state index is -1.06. The molecule has 1 saturated carbocycles. The number of halogens is 2. The summed E-state index contributed by atoms with van der Waals surface area (Å²) in [5, 5.41) is 0.416. The Bertz CT molecular complexity index is 1670. The van der Waals surface area contributed by atoms with Gasteiger partial charge in [-0.2, -0.15) is 9.97 Å². The van der Waals surface area contributed by atoms with E-state index >= 15 is 4.39 Å². The molecule has 3 aromatic rings. The van der Waals surface area contributed by atoms with Crippen molar-refractivity contribution in [2.24, 2.45) is 5.92 Å². The molecule has 9 nitrogen and oxygen atoms in total. The van der Waals surface area contributed by atoms with Crippen LogP contribution in [0.5, 0.6) is 6.01 Å². The third-order valence-corrected chi connectivity index (χ3v) is 9.48. The first-order chi connectivity index (χ1) is 20.8. The predicted molar refractivity (Wildman–Crippen MR) is 158 cm³/mol. The molecule has 4 atom stereocenters. The number of nitrogens with zero attached hydrogens (tertiary/aromatic N) is 7. The van der Waals surface area contributed by atoms with Crippen LogP contribution in [-0.4, -0.2) is 89.1 Å². The molecule has 0 N–H and O–H groups in total. The van der Waals surface area contributed by atoms with E-state index in [0.717, 1.165) is 37.8 Å². The molecule has 2 aromatic heterocycles. The number of amides is 1. The average Bonchev–Trinajstić information content (AvgIpc) is 3.47. The van der Waals surface area contributed by atoms with Crippen LogP contribution in [0.3, 0.4) is 0 Å². The number of rotatable bonds is 7. The molecule has 2 saturated heterocycles. The SMILES string of the molecule is [C-]#[N+]C[C@H]1CN(c2nc(OC[C@@H]3CCCN3C)nc3nc(-c4cccc5c4C4CC4C5)c(F)cc23)CCN1C(=O)C(=C)F. The maximum atomic E-state index is 16.0. The van der Waals surface area contributed by atoms with Gasteiger partial charge in [0.05, 0.1) is 5.39 Å². The molecule has 43 heavy (non-hydrogen) atoms. The molecule has 0 spiro atoms. The molecule has 1 aromatic carbocycles. The molecule has 2 aliphatic heterocycles. The highest BCUT2D eigenvalue weighted by molar-refractivity contribution is 5.92. The highest BCUT2D eigenvalue weighted by Crippen LogP contribution is 2.58. The van der Waals surface area contributed by atoms with Crippen LogP contribution in [0.25, 0.3) is 27.1 Å². The van der Waals surface area contributed by atoms with E-state index in [0.29, 0.717) is 41.8 Å². The summed E-state index contributed by atoms with van der Waals surface area (Å²) in [5.74, 6) is -0.824. The van der Waals surface area contributed by atoms with Gasteiger partial charge in [0, 0.05) is 31.2 Å². The van der Waals surface area contributed by atoms with Crippen LogP contribution in [0.4, 0.5) is 14.6 Å². The molecule has 222 valence electrons. The maximum Gasteiger partial charge on any atom is 0.320 e. The van der Waals surface area contributed by atoms with Gasteiger partial charge >= 0.3 is 6.01 Å². The van der Waals surface area contributed by atoms with Gasteiger partial charge in [0.25, 0.3) is 5.91 Å². The number of aromatic nitrogens is 3. The minimum absolute atomic E-state index is 0.0199. The predicted octanol–water partition coefficient (Wildman–Crippen LogP) is 4.38. The number of ether oxygens (including phenoxy) is 1. The zero-order chi connectivity index (χ0) is 29.8. The lowest BCUT2D eigenvalue weighted by atomic mass is 9.96. The van der Waals surface area contributed by atoms with E-state index in [9.17, 15) is 9.18 Å². The molecule has 1 amide bonds. The van der Waals surface area contributed by atoms with E-state index in [1.54, 1.807) is 0 Å². The van der Waals surface area contributed by atoms with E-state index < -0.39 is 23.6 Å². The van der Waals surface area contributed by atoms with Gasteiger partial charge in [-0.25, -0.2) is 20.3 Å². The van der Waals surface area contributed by atoms with Crippen molar-refractivity contribution in [3.8, 4) is 17.3 Å². The Kier molecular flexibility index (Phi) is 6.96. The lowest BCUT2D eigenvalue weighted by molar-refractivity contribution is -0.131. The fraction of sp³-hybridized carbons (Fsp3) is 0.469. The first kappa shape index (κ1) is 27.7. The number of benzene rings is 1. The molecule has 11 heteroatoms. The van der Waals surface area contributed by atoms with Gasteiger partial charge in [-0.1, -0.05) is 24.8 Å². The second kappa shape index (κ2) is 10.8. The molecule has 0 radical (unpaired) electrons. The maximum absolute atomic E-state index is 16.0. The topological polar surface area (TPSA) is 79.1 Å². The first-order valence-corrected chi connectivity index (χ1v) is 14.9. The third-order valence-electron chi connectivity index (χ3n) is 9.48. The second-order valence-corrected chi connectivity index (χ2v) is 12.1. The average molecular weight is 586 g/mol. The van der Waals surface area contributed by atoms with Crippen LogP contribution in [-0.2, 0) is 11.2 Å². The van der Waals surface area contributed by atoms with Crippen molar-refractivity contribution in [3.63, 3.8) is 0 Å². The van der Waals surface area contributed by atoms with E-state index in [4.69, 9.17) is 21.3 Å². The van der Waals surface area contributed by atoms with Gasteiger partial charge in [0.1, 0.15) is 30.0 Å². The van der Waals surface area contributed by atoms with Gasteiger partial charge < -0.3 is 24.3 Å². The standard InChI is InChI=1S/C32H33F2N7O2/c1-18(33)31(42)41-11-10-40(16-22(41)15-35-2)30-25-14-26(34)28(23-8-4-6-19-12-20-13-24(20)27(19)23)36-29(25)37-32(38-30)43-17-21-7-5-9-39(21)3/h4,6,8,14,20-22,24H,1,5,7,9-13,15-17H2,3H3/t20?,21-,22-,24?/m0/s1. The van der Waals surface area contributed by atoms with Crippen molar-refractivity contribution < 1.29 is 18.3 Å². The normalized spacial score (nSPS) is 24.5. The number of carbonyl (C=O) groups excluding carboxylic acids is 1. The van der Waals surface area contributed by atoms with Gasteiger partial charge in [0.2, 0.25) is 6.54 Å². The van der Waals surface area contributed by atoms with Gasteiger partial charge in [-0.05, 0) is 68.3 Å². The monoisotopic (exact) mass is 585 g/mol. The zero-order valence-corrected chi connectivity index (χ0v) is 24.1. The van der Waals surface area contributed by atoms with Crippen molar-refractivity contribution in [1.29, 1.82) is 0 Å². The molecule has 4 aliphatic rings. The number of hydrogen-bond donors (Lipinski definition) is 0. The Morgan fingerprint density at radius 3 is 2.84 bits per heavy atom. The Balaban J connectivity index is 1.29. The molecule has 4 heterocycles. The number of anilines is 1. The molecular weight excluding hydrogens is 552 g/mol. The highest BCUT2D eigenvalue weighted by Gasteiger charge is 2.46. The molecule has 3 fully saturated rings. The summed E-state index contributed by atoms with van der Waals surface area (Å²) >= 11 is 0. The molecule has 7 rings (SSSR count). The van der Waals surface area contributed by atoms with E-state index in [1.807, 2.05) is 17.0 Å². The molecule has 0 bridgehead atoms. The zero-order valence-electron chi connectivity index (χ0n) is 24.1. The fourth-order valence-corrected chi connectivity index (χ4v) is 7.13. The van der Waals surface area contributed by atoms with Crippen molar-refractivity contribution in [1.82, 2.24) is 24.8 Å². The Morgan fingerprint density at radius 2 is 2.07 bits per heavy atom. The van der Waals surface area contributed by atoms with Crippen LogP contribution < -0.4 is 9.64 Å². The van der Waals surface area contributed by atoms with E-state index in [2.05, 4.69) is 34.4 Å². The lowest BCUT2D eigenvalue weighted by Gasteiger charge is -2.39. The van der Waals surface area contributed by atoms with Crippen LogP contribution in [0.2, 0.25) is 0 Å². The number of piperazine rings is 1. The molecular formula is C32H33F2N7O2. The summed E-state index contributed by atoms with van der Waals surface area (Å²) in [6, 6.07) is 7.25. The largest absolute Gasteiger partial charge is 0.462 e. The summed E-state index contributed by atoms with van der Waals surface area (Å²) in [6.07, 6.45) is 4.27. The second-order valence-electron chi connectivity index (χ2n) is 12.1. The quantitative estimate of drug-likeness (QED) is 0.301. The van der Waals surface area contributed by atoms with Crippen LogP contribution in [0.15, 0.2) is 36.7 Å². The van der Waals surface area contributed by atoms with Crippen LogP contribution in [0, 0.1) is 18.3 Å². The number of pyridine rings is 1. The Hall–Kier alpha value is -4.17. The van der Waals surface area contributed by atoms with Gasteiger partial charge in [-0.15, -0.1) is 0 Å². The van der Waals surface area contributed by atoms with Gasteiger partial charge in [0.15, 0.2) is 11.5 Å². The van der Waals surface area contributed by atoms with E-state index in [-0.39, 0.29) is 37.4 Å². The minimum Gasteiger partial charge on any atom is -0.462 e. The summed E-state index contributed by atoms with van der Waals surface area (Å²) in [4.78, 5) is 35.6. The molecule has 2 aliphatic carbocycles. The number of likely N-dealkylation sites (tertiary alicyclic amines) is 1. The van der Waals surface area contributed by atoms with Crippen LogP contribution in [0.1, 0.15) is 36.3 Å². The van der Waals surface area contributed by atoms with E-state index in [1.165, 1.54) is 22.1 Å². The Morgan fingerprint density at radius 1 is 1.21 bits per heavy atom. The van der Waals surface area contributed by atoms with Crippen molar-refractivity contribution >= 4 is 22.8 Å². The summed E-state index contributed by atoms with van der Waals surface area (Å²) < 4.78 is 35.9. The van der Waals surface area contributed by atoms with Crippen molar-refractivity contribution in [2.75, 3.05) is 51.3 Å².